The number of anilines is 1. The number of carbonyl (C=O) groups is 2. The molecule has 1 aliphatic rings. The normalized spacial score (nSPS) is 15.1. The third-order valence-corrected chi connectivity index (χ3v) is 3.82. The van der Waals surface area contributed by atoms with E-state index in [0.29, 0.717) is 0 Å². The first-order valence-electron chi connectivity index (χ1n) is 7.36. The van der Waals surface area contributed by atoms with E-state index in [1.807, 2.05) is 31.2 Å². The van der Waals surface area contributed by atoms with Crippen LogP contribution in [0.15, 0.2) is 24.3 Å². The van der Waals surface area contributed by atoms with Crippen LogP contribution in [0, 0.1) is 5.92 Å². The molecule has 1 saturated carbocycles. The Morgan fingerprint density at radius 1 is 1.20 bits per heavy atom. The average Bonchev–Trinajstić information content (AvgIpc) is 2.99. The highest BCUT2D eigenvalue weighted by atomic mass is 16.2. The van der Waals surface area contributed by atoms with E-state index in [1.165, 1.54) is 0 Å². The highest BCUT2D eigenvalue weighted by Gasteiger charge is 2.22. The maximum atomic E-state index is 11.9. The molecule has 0 saturated heterocycles. The fraction of sp³-hybridized carbons (Fsp3) is 0.500. The molecule has 1 aromatic carbocycles. The van der Waals surface area contributed by atoms with Gasteiger partial charge in [-0.05, 0) is 30.9 Å². The smallest absolute Gasteiger partial charge is 0.243 e. The molecule has 0 bridgehead atoms. The van der Waals surface area contributed by atoms with Crippen LogP contribution in [0.4, 0.5) is 5.69 Å². The van der Waals surface area contributed by atoms with Crippen LogP contribution in [0.5, 0.6) is 0 Å². The van der Waals surface area contributed by atoms with Gasteiger partial charge in [-0.3, -0.25) is 9.59 Å². The van der Waals surface area contributed by atoms with Crippen molar-refractivity contribution < 1.29 is 9.59 Å². The van der Waals surface area contributed by atoms with Crippen molar-refractivity contribution in [1.82, 2.24) is 5.32 Å². The van der Waals surface area contributed by atoms with Gasteiger partial charge < -0.3 is 10.6 Å². The van der Waals surface area contributed by atoms with Crippen LogP contribution in [0.3, 0.4) is 0 Å². The number of benzene rings is 1. The molecule has 0 radical (unpaired) electrons. The van der Waals surface area contributed by atoms with E-state index in [-0.39, 0.29) is 24.3 Å². The quantitative estimate of drug-likeness (QED) is 0.866. The van der Waals surface area contributed by atoms with Crippen LogP contribution in [0.1, 0.15) is 38.2 Å². The molecule has 1 aliphatic carbocycles. The topological polar surface area (TPSA) is 58.2 Å². The van der Waals surface area contributed by atoms with Gasteiger partial charge in [0.2, 0.25) is 11.8 Å². The van der Waals surface area contributed by atoms with Gasteiger partial charge in [-0.15, -0.1) is 0 Å². The zero-order valence-corrected chi connectivity index (χ0v) is 11.9. The average molecular weight is 274 g/mol. The van der Waals surface area contributed by atoms with Crippen molar-refractivity contribution in [2.45, 2.75) is 39.0 Å². The summed E-state index contributed by atoms with van der Waals surface area (Å²) >= 11 is 0. The molecule has 0 atom stereocenters. The lowest BCUT2D eigenvalue weighted by Crippen LogP contribution is -2.36. The molecule has 4 heteroatoms. The Labute approximate surface area is 119 Å². The second-order valence-corrected chi connectivity index (χ2v) is 5.26. The van der Waals surface area contributed by atoms with Crippen molar-refractivity contribution in [3.05, 3.63) is 29.8 Å². The Morgan fingerprint density at radius 3 is 2.60 bits per heavy atom. The third kappa shape index (κ3) is 3.83. The number of para-hydroxylation sites is 1. The van der Waals surface area contributed by atoms with Gasteiger partial charge in [-0.1, -0.05) is 38.0 Å². The monoisotopic (exact) mass is 274 g/mol. The summed E-state index contributed by atoms with van der Waals surface area (Å²) in [6, 6.07) is 7.73. The van der Waals surface area contributed by atoms with E-state index in [2.05, 4.69) is 10.6 Å². The fourth-order valence-electron chi connectivity index (χ4n) is 2.64. The van der Waals surface area contributed by atoms with E-state index in [9.17, 15) is 9.59 Å². The van der Waals surface area contributed by atoms with Gasteiger partial charge in [0, 0.05) is 11.6 Å². The first-order valence-corrected chi connectivity index (χ1v) is 7.36. The largest absolute Gasteiger partial charge is 0.347 e. The Hall–Kier alpha value is -1.84. The summed E-state index contributed by atoms with van der Waals surface area (Å²) in [6.45, 7) is 2.10. The van der Waals surface area contributed by atoms with Crippen molar-refractivity contribution in [2.24, 2.45) is 5.92 Å². The third-order valence-electron chi connectivity index (χ3n) is 3.82. The second-order valence-electron chi connectivity index (χ2n) is 5.26. The minimum atomic E-state index is -0.169. The lowest BCUT2D eigenvalue weighted by Gasteiger charge is -2.12. The fourth-order valence-corrected chi connectivity index (χ4v) is 2.64. The van der Waals surface area contributed by atoms with E-state index in [0.717, 1.165) is 43.4 Å². The zero-order chi connectivity index (χ0) is 14.4. The molecule has 1 aromatic rings. The van der Waals surface area contributed by atoms with Crippen LogP contribution in [-0.2, 0) is 16.0 Å². The van der Waals surface area contributed by atoms with Gasteiger partial charge in [0.15, 0.2) is 0 Å². The van der Waals surface area contributed by atoms with Gasteiger partial charge in [-0.25, -0.2) is 0 Å². The molecular formula is C16H22N2O2. The summed E-state index contributed by atoms with van der Waals surface area (Å²) in [5, 5.41) is 5.58. The van der Waals surface area contributed by atoms with Crippen molar-refractivity contribution in [2.75, 3.05) is 11.9 Å². The lowest BCUT2D eigenvalue weighted by molar-refractivity contribution is -0.127. The van der Waals surface area contributed by atoms with E-state index >= 15 is 0 Å². The van der Waals surface area contributed by atoms with Gasteiger partial charge >= 0.3 is 0 Å². The molecular weight excluding hydrogens is 252 g/mol. The van der Waals surface area contributed by atoms with E-state index in [1.54, 1.807) is 0 Å². The Morgan fingerprint density at radius 2 is 1.90 bits per heavy atom. The van der Waals surface area contributed by atoms with Crippen molar-refractivity contribution in [1.29, 1.82) is 0 Å². The minimum absolute atomic E-state index is 0.0152. The Balaban J connectivity index is 1.81. The Kier molecular flexibility index (Phi) is 5.16. The molecule has 4 nitrogen and oxygen atoms in total. The number of carbonyl (C=O) groups excluding carboxylic acids is 2. The number of amides is 2. The second kappa shape index (κ2) is 7.08. The highest BCUT2D eigenvalue weighted by Crippen LogP contribution is 2.24. The van der Waals surface area contributed by atoms with Gasteiger partial charge in [-0.2, -0.15) is 0 Å². The van der Waals surface area contributed by atoms with Gasteiger partial charge in [0.05, 0.1) is 6.54 Å². The number of rotatable bonds is 5. The van der Waals surface area contributed by atoms with Gasteiger partial charge in [0.25, 0.3) is 0 Å². The summed E-state index contributed by atoms with van der Waals surface area (Å²) in [4.78, 5) is 23.7. The molecule has 20 heavy (non-hydrogen) atoms. The number of nitrogens with one attached hydrogen (secondary N) is 2. The molecule has 0 aromatic heterocycles. The number of aryl methyl sites for hydroxylation is 1. The molecule has 0 aliphatic heterocycles. The lowest BCUT2D eigenvalue weighted by atomic mass is 10.1. The molecule has 2 N–H and O–H groups in total. The summed E-state index contributed by atoms with van der Waals surface area (Å²) < 4.78 is 0. The van der Waals surface area contributed by atoms with Gasteiger partial charge in [0.1, 0.15) is 0 Å². The summed E-state index contributed by atoms with van der Waals surface area (Å²) in [5.41, 5.74) is 1.93. The minimum Gasteiger partial charge on any atom is -0.347 e. The van der Waals surface area contributed by atoms with E-state index in [4.69, 9.17) is 0 Å². The van der Waals surface area contributed by atoms with Crippen molar-refractivity contribution >= 4 is 17.5 Å². The number of hydrogen-bond donors (Lipinski definition) is 2. The van der Waals surface area contributed by atoms with Crippen molar-refractivity contribution in [3.8, 4) is 0 Å². The summed E-state index contributed by atoms with van der Waals surface area (Å²) in [6.07, 6.45) is 5.01. The van der Waals surface area contributed by atoms with Crippen molar-refractivity contribution in [3.63, 3.8) is 0 Å². The predicted octanol–water partition coefficient (Wildman–Crippen LogP) is 2.49. The number of hydrogen-bond acceptors (Lipinski definition) is 2. The molecule has 1 fully saturated rings. The first kappa shape index (κ1) is 14.6. The highest BCUT2D eigenvalue weighted by molar-refractivity contribution is 5.95. The standard InChI is InChI=1S/C16H22N2O2/c1-2-12-7-5-6-10-14(12)18-15(19)11-17-16(20)13-8-3-4-9-13/h5-7,10,13H,2-4,8-9,11H2,1H3,(H,17,20)(H,18,19). The van der Waals surface area contributed by atoms with Crippen LogP contribution in [0.25, 0.3) is 0 Å². The van der Waals surface area contributed by atoms with Crippen LogP contribution >= 0.6 is 0 Å². The molecule has 0 spiro atoms. The maximum absolute atomic E-state index is 11.9. The maximum Gasteiger partial charge on any atom is 0.243 e. The predicted molar refractivity (Wildman–Crippen MR) is 79.4 cm³/mol. The Bertz CT molecular complexity index is 479. The van der Waals surface area contributed by atoms with Crippen LogP contribution < -0.4 is 10.6 Å². The van der Waals surface area contributed by atoms with Crippen LogP contribution in [-0.4, -0.2) is 18.4 Å². The van der Waals surface area contributed by atoms with E-state index < -0.39 is 0 Å². The molecule has 2 rings (SSSR count). The molecule has 2 amide bonds. The molecule has 0 heterocycles. The first-order chi connectivity index (χ1) is 9.70. The summed E-state index contributed by atoms with van der Waals surface area (Å²) in [5.74, 6) is -0.0515. The van der Waals surface area contributed by atoms with Crippen LogP contribution in [0.2, 0.25) is 0 Å². The molecule has 108 valence electrons. The summed E-state index contributed by atoms with van der Waals surface area (Å²) in [7, 11) is 0. The zero-order valence-electron chi connectivity index (χ0n) is 11.9. The SMILES string of the molecule is CCc1ccccc1NC(=O)CNC(=O)C1CCCC1. The molecule has 0 unspecified atom stereocenters.